The highest BCUT2D eigenvalue weighted by molar-refractivity contribution is 5.86. The fourth-order valence-electron chi connectivity index (χ4n) is 1.18. The van der Waals surface area contributed by atoms with Gasteiger partial charge in [0.1, 0.15) is 0 Å². The van der Waals surface area contributed by atoms with Crippen LogP contribution in [-0.2, 0) is 0 Å². The van der Waals surface area contributed by atoms with Crippen LogP contribution in [0.4, 0.5) is 0 Å². The van der Waals surface area contributed by atoms with Gasteiger partial charge in [-0.3, -0.25) is 4.99 Å². The van der Waals surface area contributed by atoms with Crippen LogP contribution in [0.5, 0.6) is 0 Å². The Hall–Kier alpha value is 0.01000. The molecule has 0 aromatic carbocycles. The van der Waals surface area contributed by atoms with E-state index in [1.807, 2.05) is 0 Å². The number of aliphatic imine (C=N–C) groups is 1. The fourth-order valence-corrected chi connectivity index (χ4v) is 1.18. The van der Waals surface area contributed by atoms with Crippen molar-refractivity contribution in [3.63, 3.8) is 0 Å². The predicted octanol–water partition coefficient (Wildman–Crippen LogP) is 1.24. The standard InChI is InChI=1S/C8H16N2O.2ClH/c1-6(2)8-9-5-7(10-8)3-4-11;;/h6-7,11H,3-5H2,1-2H3,(H,9,10);2*1H. The van der Waals surface area contributed by atoms with E-state index in [0.717, 1.165) is 18.8 Å². The number of nitrogens with one attached hydrogen (secondary N) is 1. The maximum atomic E-state index is 8.65. The lowest BCUT2D eigenvalue weighted by Gasteiger charge is -2.02. The Morgan fingerprint density at radius 2 is 2.15 bits per heavy atom. The lowest BCUT2D eigenvalue weighted by Crippen LogP contribution is -2.24. The molecule has 1 heterocycles. The van der Waals surface area contributed by atoms with Gasteiger partial charge in [0.15, 0.2) is 0 Å². The molecule has 2 N–H and O–H groups in total. The van der Waals surface area contributed by atoms with E-state index in [1.54, 1.807) is 0 Å². The molecule has 1 atom stereocenters. The van der Waals surface area contributed by atoms with Crippen molar-refractivity contribution in [3.05, 3.63) is 0 Å². The monoisotopic (exact) mass is 228 g/mol. The summed E-state index contributed by atoms with van der Waals surface area (Å²) in [5, 5.41) is 11.9. The van der Waals surface area contributed by atoms with Crippen LogP contribution in [0.25, 0.3) is 0 Å². The van der Waals surface area contributed by atoms with E-state index < -0.39 is 0 Å². The molecule has 0 spiro atoms. The predicted molar refractivity (Wildman–Crippen MR) is 60.3 cm³/mol. The number of aliphatic hydroxyl groups is 1. The van der Waals surface area contributed by atoms with Crippen molar-refractivity contribution in [2.24, 2.45) is 10.9 Å². The van der Waals surface area contributed by atoms with E-state index >= 15 is 0 Å². The largest absolute Gasteiger partial charge is 0.396 e. The molecular weight excluding hydrogens is 211 g/mol. The number of amidine groups is 1. The van der Waals surface area contributed by atoms with Crippen molar-refractivity contribution in [1.29, 1.82) is 0 Å². The highest BCUT2D eigenvalue weighted by Gasteiger charge is 2.17. The molecule has 5 heteroatoms. The van der Waals surface area contributed by atoms with E-state index in [2.05, 4.69) is 24.2 Å². The van der Waals surface area contributed by atoms with Gasteiger partial charge in [0.25, 0.3) is 0 Å². The molecule has 0 amide bonds. The summed E-state index contributed by atoms with van der Waals surface area (Å²) in [6.07, 6.45) is 0.781. The van der Waals surface area contributed by atoms with Crippen LogP contribution in [0.1, 0.15) is 20.3 Å². The first-order valence-electron chi connectivity index (χ1n) is 4.16. The zero-order valence-corrected chi connectivity index (χ0v) is 9.62. The maximum absolute atomic E-state index is 8.65. The van der Waals surface area contributed by atoms with E-state index in [0.29, 0.717) is 12.0 Å². The molecule has 1 aliphatic heterocycles. The van der Waals surface area contributed by atoms with Crippen LogP contribution >= 0.6 is 24.8 Å². The van der Waals surface area contributed by atoms with E-state index in [-0.39, 0.29) is 31.4 Å². The molecule has 0 aromatic rings. The van der Waals surface area contributed by atoms with Gasteiger partial charge in [-0.15, -0.1) is 24.8 Å². The maximum Gasteiger partial charge on any atom is 0.0993 e. The summed E-state index contributed by atoms with van der Waals surface area (Å²) in [7, 11) is 0. The van der Waals surface area contributed by atoms with Gasteiger partial charge in [-0.1, -0.05) is 13.8 Å². The molecule has 1 aliphatic rings. The van der Waals surface area contributed by atoms with Crippen LogP contribution in [0.2, 0.25) is 0 Å². The van der Waals surface area contributed by atoms with Crippen molar-refractivity contribution in [2.45, 2.75) is 26.3 Å². The lowest BCUT2D eigenvalue weighted by molar-refractivity contribution is 0.278. The Balaban J connectivity index is 0. The van der Waals surface area contributed by atoms with Crippen LogP contribution in [0.3, 0.4) is 0 Å². The van der Waals surface area contributed by atoms with Crippen LogP contribution in [0, 0.1) is 5.92 Å². The molecule has 1 unspecified atom stereocenters. The third-order valence-electron chi connectivity index (χ3n) is 1.85. The second-order valence-corrected chi connectivity index (χ2v) is 3.22. The summed E-state index contributed by atoms with van der Waals surface area (Å²) in [5.74, 6) is 1.57. The Kier molecular flexibility index (Phi) is 8.83. The minimum atomic E-state index is 0. The molecule has 0 fully saturated rings. The number of hydrogen-bond acceptors (Lipinski definition) is 3. The first kappa shape index (κ1) is 15.5. The number of aliphatic hydroxyl groups excluding tert-OH is 1. The van der Waals surface area contributed by atoms with Gasteiger partial charge in [0.05, 0.1) is 11.9 Å². The molecule has 3 nitrogen and oxygen atoms in total. The van der Waals surface area contributed by atoms with E-state index in [4.69, 9.17) is 5.11 Å². The minimum absolute atomic E-state index is 0. The second kappa shape index (κ2) is 7.42. The summed E-state index contributed by atoms with van der Waals surface area (Å²) in [6.45, 7) is 5.37. The Bertz CT molecular complexity index is 162. The minimum Gasteiger partial charge on any atom is -0.396 e. The van der Waals surface area contributed by atoms with Gasteiger partial charge in [0, 0.05) is 19.1 Å². The van der Waals surface area contributed by atoms with E-state index in [9.17, 15) is 0 Å². The first-order valence-corrected chi connectivity index (χ1v) is 4.16. The van der Waals surface area contributed by atoms with Crippen molar-refractivity contribution in [3.8, 4) is 0 Å². The van der Waals surface area contributed by atoms with Crippen LogP contribution in [0.15, 0.2) is 4.99 Å². The summed E-state index contributed by atoms with van der Waals surface area (Å²) in [4.78, 5) is 4.42. The first-order chi connectivity index (χ1) is 5.24. The molecule has 0 saturated heterocycles. The molecule has 0 radical (unpaired) electrons. The Morgan fingerprint density at radius 1 is 1.54 bits per heavy atom. The summed E-state index contributed by atoms with van der Waals surface area (Å²) in [6, 6.07) is 0.303. The van der Waals surface area contributed by atoms with Gasteiger partial charge in [0.2, 0.25) is 0 Å². The molecule has 1 rings (SSSR count). The van der Waals surface area contributed by atoms with Gasteiger partial charge in [-0.25, -0.2) is 0 Å². The molecule has 0 saturated carbocycles. The van der Waals surface area contributed by atoms with Crippen molar-refractivity contribution >= 4 is 30.6 Å². The summed E-state index contributed by atoms with van der Waals surface area (Å²) < 4.78 is 0. The van der Waals surface area contributed by atoms with Crippen molar-refractivity contribution in [2.75, 3.05) is 13.2 Å². The van der Waals surface area contributed by atoms with Crippen LogP contribution in [-0.4, -0.2) is 30.1 Å². The van der Waals surface area contributed by atoms with Gasteiger partial charge in [-0.2, -0.15) is 0 Å². The van der Waals surface area contributed by atoms with Crippen LogP contribution < -0.4 is 5.32 Å². The second-order valence-electron chi connectivity index (χ2n) is 3.22. The van der Waals surface area contributed by atoms with Crippen molar-refractivity contribution in [1.82, 2.24) is 5.32 Å². The fraction of sp³-hybridized carbons (Fsp3) is 0.875. The smallest absolute Gasteiger partial charge is 0.0993 e. The lowest BCUT2D eigenvalue weighted by atomic mass is 10.2. The Labute approximate surface area is 91.8 Å². The number of rotatable bonds is 3. The zero-order chi connectivity index (χ0) is 8.27. The third-order valence-corrected chi connectivity index (χ3v) is 1.85. The average Bonchev–Trinajstić information content (AvgIpc) is 2.37. The summed E-state index contributed by atoms with van der Waals surface area (Å²) in [5.41, 5.74) is 0. The molecule has 13 heavy (non-hydrogen) atoms. The van der Waals surface area contributed by atoms with Gasteiger partial charge in [-0.05, 0) is 6.42 Å². The molecule has 80 valence electrons. The number of nitrogens with zero attached hydrogens (tertiary/aromatic N) is 1. The van der Waals surface area contributed by atoms with Gasteiger partial charge < -0.3 is 10.4 Å². The third kappa shape index (κ3) is 4.69. The SMILES string of the molecule is CC(C)C1=NC(CCO)CN1.Cl.Cl. The number of halogens is 2. The highest BCUT2D eigenvalue weighted by Crippen LogP contribution is 2.07. The van der Waals surface area contributed by atoms with Gasteiger partial charge >= 0.3 is 0 Å². The molecule has 0 aromatic heterocycles. The number of hydrogen-bond donors (Lipinski definition) is 2. The zero-order valence-electron chi connectivity index (χ0n) is 7.99. The Morgan fingerprint density at radius 3 is 2.54 bits per heavy atom. The highest BCUT2D eigenvalue weighted by atomic mass is 35.5. The normalized spacial score (nSPS) is 20.0. The molecule has 0 aliphatic carbocycles. The molecular formula is C8H18Cl2N2O. The molecule has 0 bridgehead atoms. The van der Waals surface area contributed by atoms with E-state index in [1.165, 1.54) is 0 Å². The topological polar surface area (TPSA) is 44.6 Å². The summed E-state index contributed by atoms with van der Waals surface area (Å²) >= 11 is 0. The average molecular weight is 229 g/mol. The quantitative estimate of drug-likeness (QED) is 0.764. The van der Waals surface area contributed by atoms with Crippen molar-refractivity contribution < 1.29 is 5.11 Å².